The van der Waals surface area contributed by atoms with E-state index >= 15 is 0 Å². The van der Waals surface area contributed by atoms with Gasteiger partial charge in [-0.15, -0.1) is 0 Å². The van der Waals surface area contributed by atoms with Crippen LogP contribution in [0.3, 0.4) is 0 Å². The Hall–Kier alpha value is -2.66. The molecule has 4 nitrogen and oxygen atoms in total. The second kappa shape index (κ2) is 7.53. The molecule has 1 saturated heterocycles. The van der Waals surface area contributed by atoms with Gasteiger partial charge in [-0.2, -0.15) is 0 Å². The maximum Gasteiger partial charge on any atom is 0.268 e. The van der Waals surface area contributed by atoms with E-state index in [9.17, 15) is 9.18 Å². The van der Waals surface area contributed by atoms with Gasteiger partial charge in [0, 0.05) is 22.5 Å². The molecule has 0 bridgehead atoms. The molecule has 2 aromatic carbocycles. The molecule has 27 heavy (non-hydrogen) atoms. The minimum atomic E-state index is -0.253. The highest BCUT2D eigenvalue weighted by molar-refractivity contribution is 5.99. The number of nitrogens with zero attached hydrogens (tertiary/aromatic N) is 2. The lowest BCUT2D eigenvalue weighted by Crippen LogP contribution is -2.43. The Morgan fingerprint density at radius 1 is 1.11 bits per heavy atom. The van der Waals surface area contributed by atoms with Gasteiger partial charge < -0.3 is 14.8 Å². The third-order valence-corrected chi connectivity index (χ3v) is 5.38. The van der Waals surface area contributed by atoms with Crippen molar-refractivity contribution in [1.82, 2.24) is 14.8 Å². The molecule has 2 heterocycles. The Labute approximate surface area is 158 Å². The van der Waals surface area contributed by atoms with E-state index in [4.69, 9.17) is 0 Å². The highest BCUT2D eigenvalue weighted by Gasteiger charge is 2.22. The Kier molecular flexibility index (Phi) is 4.94. The van der Waals surface area contributed by atoms with Crippen LogP contribution in [-0.2, 0) is 6.54 Å². The summed E-state index contributed by atoms with van der Waals surface area (Å²) in [5, 5.41) is 4.17. The molecule has 140 valence electrons. The summed E-state index contributed by atoms with van der Waals surface area (Å²) in [7, 11) is 2.10. The smallest absolute Gasteiger partial charge is 0.268 e. The predicted octanol–water partition coefficient (Wildman–Crippen LogP) is 3.65. The molecular formula is C22H24FN3O. The van der Waals surface area contributed by atoms with Gasteiger partial charge in [-0.1, -0.05) is 36.4 Å². The maximum absolute atomic E-state index is 14.2. The van der Waals surface area contributed by atoms with Crippen LogP contribution in [0, 0.1) is 5.82 Å². The van der Waals surface area contributed by atoms with Crippen molar-refractivity contribution in [3.05, 3.63) is 71.7 Å². The average Bonchev–Trinajstić information content (AvgIpc) is 3.04. The Morgan fingerprint density at radius 2 is 1.81 bits per heavy atom. The summed E-state index contributed by atoms with van der Waals surface area (Å²) < 4.78 is 16.1. The largest absolute Gasteiger partial charge is 0.348 e. The lowest BCUT2D eigenvalue weighted by molar-refractivity contribution is 0.0908. The number of hydrogen-bond donors (Lipinski definition) is 1. The van der Waals surface area contributed by atoms with Crippen LogP contribution >= 0.6 is 0 Å². The zero-order valence-electron chi connectivity index (χ0n) is 15.5. The van der Waals surface area contributed by atoms with Gasteiger partial charge in [-0.25, -0.2) is 4.39 Å². The van der Waals surface area contributed by atoms with Crippen LogP contribution in [0.5, 0.6) is 0 Å². The maximum atomic E-state index is 14.2. The summed E-state index contributed by atoms with van der Waals surface area (Å²) in [5.41, 5.74) is 2.10. The molecule has 0 aliphatic carbocycles. The van der Waals surface area contributed by atoms with Crippen molar-refractivity contribution in [1.29, 1.82) is 0 Å². The molecule has 0 unspecified atom stereocenters. The summed E-state index contributed by atoms with van der Waals surface area (Å²) in [6.45, 7) is 2.31. The van der Waals surface area contributed by atoms with E-state index in [2.05, 4.69) is 17.3 Å². The highest BCUT2D eigenvalue weighted by Crippen LogP contribution is 2.23. The number of hydrogen-bond acceptors (Lipinski definition) is 2. The number of para-hydroxylation sites is 1. The van der Waals surface area contributed by atoms with Gasteiger partial charge in [-0.05, 0) is 51.2 Å². The number of fused-ring (bicyclic) bond motifs is 1. The van der Waals surface area contributed by atoms with E-state index in [-0.39, 0.29) is 17.8 Å². The van der Waals surface area contributed by atoms with E-state index in [0.29, 0.717) is 17.8 Å². The standard InChI is InChI=1S/C22H24FN3O/c1-25-12-10-18(11-13-25)24-22(27)21-14-16-6-3-5-9-20(16)26(21)15-17-7-2-4-8-19(17)23/h2-9,14,18H,10-13,15H2,1H3,(H,24,27). The number of aromatic nitrogens is 1. The molecule has 1 aliphatic heterocycles. The van der Waals surface area contributed by atoms with Crippen LogP contribution < -0.4 is 5.32 Å². The number of likely N-dealkylation sites (tertiary alicyclic amines) is 1. The van der Waals surface area contributed by atoms with Gasteiger partial charge in [0.25, 0.3) is 5.91 Å². The molecule has 0 saturated carbocycles. The van der Waals surface area contributed by atoms with Crippen LogP contribution in [0.4, 0.5) is 4.39 Å². The van der Waals surface area contributed by atoms with Crippen molar-refractivity contribution < 1.29 is 9.18 Å². The van der Waals surface area contributed by atoms with Gasteiger partial charge in [0.05, 0.1) is 6.54 Å². The summed E-state index contributed by atoms with van der Waals surface area (Å²) in [6, 6.07) is 16.7. The minimum absolute atomic E-state index is 0.0860. The second-order valence-corrected chi connectivity index (χ2v) is 7.32. The zero-order valence-corrected chi connectivity index (χ0v) is 15.5. The lowest BCUT2D eigenvalue weighted by atomic mass is 10.1. The summed E-state index contributed by atoms with van der Waals surface area (Å²) in [5.74, 6) is -0.339. The molecule has 1 aromatic heterocycles. The number of nitrogens with one attached hydrogen (secondary N) is 1. The normalized spacial score (nSPS) is 15.9. The summed E-state index contributed by atoms with van der Waals surface area (Å²) >= 11 is 0. The lowest BCUT2D eigenvalue weighted by Gasteiger charge is -2.29. The number of amides is 1. The first-order chi connectivity index (χ1) is 13.1. The van der Waals surface area contributed by atoms with Gasteiger partial charge in [0.2, 0.25) is 0 Å². The molecule has 3 aromatic rings. The fourth-order valence-electron chi connectivity index (χ4n) is 3.78. The molecule has 0 spiro atoms. The fraction of sp³-hybridized carbons (Fsp3) is 0.318. The van der Waals surface area contributed by atoms with Crippen molar-refractivity contribution in [2.45, 2.75) is 25.4 Å². The van der Waals surface area contributed by atoms with Gasteiger partial charge >= 0.3 is 0 Å². The first kappa shape index (κ1) is 17.7. The third kappa shape index (κ3) is 3.74. The van der Waals surface area contributed by atoms with Gasteiger partial charge in [0.15, 0.2) is 0 Å². The van der Waals surface area contributed by atoms with Gasteiger partial charge in [-0.3, -0.25) is 4.79 Å². The van der Waals surface area contributed by atoms with E-state index in [1.807, 2.05) is 41.0 Å². The molecular weight excluding hydrogens is 341 g/mol. The van der Waals surface area contributed by atoms with Crippen LogP contribution in [0.1, 0.15) is 28.9 Å². The van der Waals surface area contributed by atoms with E-state index in [1.54, 1.807) is 12.1 Å². The minimum Gasteiger partial charge on any atom is -0.348 e. The Morgan fingerprint density at radius 3 is 2.59 bits per heavy atom. The van der Waals surface area contributed by atoms with Crippen molar-refractivity contribution in [2.24, 2.45) is 0 Å². The molecule has 0 radical (unpaired) electrons. The summed E-state index contributed by atoms with van der Waals surface area (Å²) in [4.78, 5) is 15.3. The molecule has 1 aliphatic rings. The quantitative estimate of drug-likeness (QED) is 0.766. The first-order valence-electron chi connectivity index (χ1n) is 9.43. The topological polar surface area (TPSA) is 37.3 Å². The number of benzene rings is 2. The number of carbonyl (C=O) groups is 1. The highest BCUT2D eigenvalue weighted by atomic mass is 19.1. The molecule has 4 rings (SSSR count). The third-order valence-electron chi connectivity index (χ3n) is 5.38. The molecule has 1 amide bonds. The van der Waals surface area contributed by atoms with Gasteiger partial charge in [0.1, 0.15) is 11.5 Å². The summed E-state index contributed by atoms with van der Waals surface area (Å²) in [6.07, 6.45) is 1.91. The van der Waals surface area contributed by atoms with E-state index in [1.165, 1.54) is 6.07 Å². The fourth-order valence-corrected chi connectivity index (χ4v) is 3.78. The average molecular weight is 365 g/mol. The molecule has 1 N–H and O–H groups in total. The van der Waals surface area contributed by atoms with Crippen LogP contribution in [0.15, 0.2) is 54.6 Å². The van der Waals surface area contributed by atoms with E-state index < -0.39 is 0 Å². The number of halogens is 1. The van der Waals surface area contributed by atoms with Crippen molar-refractivity contribution >= 4 is 16.8 Å². The zero-order chi connectivity index (χ0) is 18.8. The van der Waals surface area contributed by atoms with Crippen LogP contribution in [0.25, 0.3) is 10.9 Å². The van der Waals surface area contributed by atoms with Crippen molar-refractivity contribution in [3.8, 4) is 0 Å². The van der Waals surface area contributed by atoms with E-state index in [0.717, 1.165) is 36.8 Å². The second-order valence-electron chi connectivity index (χ2n) is 7.32. The van der Waals surface area contributed by atoms with Crippen molar-refractivity contribution in [3.63, 3.8) is 0 Å². The molecule has 5 heteroatoms. The number of piperidine rings is 1. The Balaban J connectivity index is 1.65. The number of rotatable bonds is 4. The molecule has 1 fully saturated rings. The monoisotopic (exact) mass is 365 g/mol. The first-order valence-corrected chi connectivity index (χ1v) is 9.43. The van der Waals surface area contributed by atoms with Crippen molar-refractivity contribution in [2.75, 3.05) is 20.1 Å². The number of carbonyl (C=O) groups excluding carboxylic acids is 1. The van der Waals surface area contributed by atoms with Crippen LogP contribution in [0.2, 0.25) is 0 Å². The van der Waals surface area contributed by atoms with Crippen LogP contribution in [-0.4, -0.2) is 41.6 Å². The molecule has 0 atom stereocenters. The SMILES string of the molecule is CN1CCC(NC(=O)c2cc3ccccc3n2Cc2ccccc2F)CC1. The Bertz CT molecular complexity index is 957. The predicted molar refractivity (Wildman–Crippen MR) is 105 cm³/mol.